The van der Waals surface area contributed by atoms with E-state index in [4.69, 9.17) is 33.2 Å². The van der Waals surface area contributed by atoms with Crippen LogP contribution in [0.1, 0.15) is 79.4 Å². The summed E-state index contributed by atoms with van der Waals surface area (Å²) in [4.78, 5) is 24.8. The highest BCUT2D eigenvalue weighted by Crippen LogP contribution is 2.54. The van der Waals surface area contributed by atoms with Gasteiger partial charge in [-0.15, -0.1) is 0 Å². The largest absolute Gasteiger partial charge is 0.490 e. The van der Waals surface area contributed by atoms with Gasteiger partial charge in [0.2, 0.25) is 17.2 Å². The minimum Gasteiger partial charge on any atom is -0.490 e. The highest BCUT2D eigenvalue weighted by atomic mass is 16.6. The summed E-state index contributed by atoms with van der Waals surface area (Å²) < 4.78 is 42.0. The molecule has 236 valence electrons. The Bertz CT molecular complexity index is 1290. The number of hydrogen-bond acceptors (Lipinski definition) is 9. The molecule has 0 bridgehead atoms. The van der Waals surface area contributed by atoms with Gasteiger partial charge in [-0.1, -0.05) is 46.9 Å². The van der Waals surface area contributed by atoms with Gasteiger partial charge < -0.3 is 33.2 Å². The van der Waals surface area contributed by atoms with Crippen LogP contribution in [-0.4, -0.2) is 45.0 Å². The van der Waals surface area contributed by atoms with Crippen molar-refractivity contribution in [2.45, 2.75) is 73.6 Å². The first-order valence-corrected chi connectivity index (χ1v) is 14.8. The van der Waals surface area contributed by atoms with Gasteiger partial charge in [-0.3, -0.25) is 0 Å². The van der Waals surface area contributed by atoms with Gasteiger partial charge in [-0.2, -0.15) is 0 Å². The zero-order valence-corrected chi connectivity index (χ0v) is 26.8. The van der Waals surface area contributed by atoms with E-state index in [0.717, 1.165) is 24.5 Å². The maximum Gasteiger partial charge on any atom is 0.338 e. The predicted molar refractivity (Wildman–Crippen MR) is 166 cm³/mol. The van der Waals surface area contributed by atoms with E-state index in [1.165, 1.54) is 0 Å². The number of ether oxygens (including phenoxy) is 7. The standard InChI is InChI=1S/C34H46O9/c1-11-19-40-28-23(17-18-25(42-27(35)13-3)30(28)41-20-12-2)34(9,10)24-21-26(37-14-4)31(43-33(36)22(7)8)32(39-16-6)29(24)38-15-5/h13,17-18,21H,3,7,11-12,14-16,19-20H2,1-2,4-6,8-10H3. The van der Waals surface area contributed by atoms with Gasteiger partial charge in [0.1, 0.15) is 0 Å². The van der Waals surface area contributed by atoms with E-state index in [2.05, 4.69) is 13.2 Å². The Kier molecular flexibility index (Phi) is 13.4. The molecule has 0 N–H and O–H groups in total. The van der Waals surface area contributed by atoms with Crippen molar-refractivity contribution in [1.29, 1.82) is 0 Å². The van der Waals surface area contributed by atoms with Crippen LogP contribution in [0.2, 0.25) is 0 Å². The van der Waals surface area contributed by atoms with Crippen molar-refractivity contribution >= 4 is 11.9 Å². The van der Waals surface area contributed by atoms with Crippen molar-refractivity contribution in [2.75, 3.05) is 33.0 Å². The normalized spacial score (nSPS) is 10.9. The van der Waals surface area contributed by atoms with Gasteiger partial charge in [0.25, 0.3) is 0 Å². The molecule has 0 saturated heterocycles. The zero-order valence-electron chi connectivity index (χ0n) is 26.8. The summed E-state index contributed by atoms with van der Waals surface area (Å²) in [5, 5.41) is 0. The second-order valence-corrected chi connectivity index (χ2v) is 10.1. The SMILES string of the molecule is C=CC(=O)Oc1ccc(C(C)(C)c2cc(OCC)c(OC(=O)C(=C)C)c(OCC)c2OCC)c(OCCC)c1OCCC. The molecular weight excluding hydrogens is 552 g/mol. The summed E-state index contributed by atoms with van der Waals surface area (Å²) in [6.45, 7) is 23.9. The fraction of sp³-hybridized carbons (Fsp3) is 0.471. The van der Waals surface area contributed by atoms with Crippen LogP contribution in [0.4, 0.5) is 0 Å². The average Bonchev–Trinajstić information content (AvgIpc) is 2.97. The Labute approximate surface area is 255 Å². The van der Waals surface area contributed by atoms with Crippen LogP contribution < -0.4 is 33.2 Å². The van der Waals surface area contributed by atoms with Gasteiger partial charge in [0.15, 0.2) is 23.0 Å². The number of benzene rings is 2. The number of hydrogen-bond donors (Lipinski definition) is 0. The first-order chi connectivity index (χ1) is 20.5. The average molecular weight is 599 g/mol. The molecule has 9 heteroatoms. The molecule has 0 amide bonds. The van der Waals surface area contributed by atoms with Crippen molar-refractivity contribution in [3.05, 3.63) is 54.1 Å². The number of esters is 2. The molecule has 0 aromatic heterocycles. The second-order valence-electron chi connectivity index (χ2n) is 10.1. The van der Waals surface area contributed by atoms with Crippen LogP contribution in [-0.2, 0) is 15.0 Å². The predicted octanol–water partition coefficient (Wildman–Crippen LogP) is 7.36. The van der Waals surface area contributed by atoms with Crippen LogP contribution in [0, 0.1) is 0 Å². The van der Waals surface area contributed by atoms with Crippen LogP contribution >= 0.6 is 0 Å². The monoisotopic (exact) mass is 598 g/mol. The highest BCUT2D eigenvalue weighted by Gasteiger charge is 2.37. The van der Waals surface area contributed by atoms with E-state index in [1.54, 1.807) is 19.1 Å². The Morgan fingerprint density at radius 3 is 1.81 bits per heavy atom. The summed E-state index contributed by atoms with van der Waals surface area (Å²) in [6, 6.07) is 5.30. The Morgan fingerprint density at radius 1 is 0.721 bits per heavy atom. The molecule has 0 unspecified atom stereocenters. The first kappa shape index (κ1) is 35.1. The van der Waals surface area contributed by atoms with Crippen LogP contribution in [0.5, 0.6) is 40.2 Å². The van der Waals surface area contributed by atoms with Gasteiger partial charge >= 0.3 is 11.9 Å². The van der Waals surface area contributed by atoms with Gasteiger partial charge in [0.05, 0.1) is 33.0 Å². The third-order valence-corrected chi connectivity index (χ3v) is 6.28. The molecule has 0 aliphatic carbocycles. The highest BCUT2D eigenvalue weighted by molar-refractivity contribution is 5.90. The van der Waals surface area contributed by atoms with Crippen molar-refractivity contribution < 1.29 is 42.7 Å². The van der Waals surface area contributed by atoms with Crippen LogP contribution in [0.25, 0.3) is 0 Å². The second kappa shape index (κ2) is 16.5. The van der Waals surface area contributed by atoms with Crippen molar-refractivity contribution in [3.8, 4) is 40.2 Å². The van der Waals surface area contributed by atoms with Gasteiger partial charge in [-0.25, -0.2) is 9.59 Å². The Hall–Kier alpha value is -4.14. The summed E-state index contributed by atoms with van der Waals surface area (Å²) in [5.74, 6) is 0.793. The molecule has 0 fully saturated rings. The molecular formula is C34H46O9. The Morgan fingerprint density at radius 2 is 1.28 bits per heavy atom. The van der Waals surface area contributed by atoms with E-state index >= 15 is 0 Å². The van der Waals surface area contributed by atoms with Gasteiger partial charge in [0, 0.05) is 28.2 Å². The summed E-state index contributed by atoms with van der Waals surface area (Å²) >= 11 is 0. The lowest BCUT2D eigenvalue weighted by molar-refractivity contribution is -0.130. The zero-order chi connectivity index (χ0) is 32.2. The lowest BCUT2D eigenvalue weighted by Gasteiger charge is -2.32. The first-order valence-electron chi connectivity index (χ1n) is 14.8. The minimum absolute atomic E-state index is 0.112. The quantitative estimate of drug-likeness (QED) is 0.0990. The summed E-state index contributed by atoms with van der Waals surface area (Å²) in [6.07, 6.45) is 2.55. The molecule has 2 rings (SSSR count). The molecule has 2 aromatic rings. The minimum atomic E-state index is -0.826. The van der Waals surface area contributed by atoms with E-state index in [9.17, 15) is 9.59 Å². The van der Waals surface area contributed by atoms with Crippen LogP contribution in [0.15, 0.2) is 43.0 Å². The third-order valence-electron chi connectivity index (χ3n) is 6.28. The molecule has 0 aliphatic heterocycles. The molecule has 0 radical (unpaired) electrons. The van der Waals surface area contributed by atoms with Crippen molar-refractivity contribution in [3.63, 3.8) is 0 Å². The molecule has 43 heavy (non-hydrogen) atoms. The molecule has 2 aromatic carbocycles. The third kappa shape index (κ3) is 8.46. The molecule has 0 heterocycles. The molecule has 0 saturated carbocycles. The van der Waals surface area contributed by atoms with E-state index < -0.39 is 17.4 Å². The smallest absolute Gasteiger partial charge is 0.338 e. The Balaban J connectivity index is 3.00. The van der Waals surface area contributed by atoms with E-state index in [-0.39, 0.29) is 29.4 Å². The topological polar surface area (TPSA) is 98.8 Å². The van der Waals surface area contributed by atoms with Crippen molar-refractivity contribution in [2.24, 2.45) is 0 Å². The number of carbonyl (C=O) groups excluding carboxylic acids is 2. The molecule has 0 spiro atoms. The number of rotatable bonds is 18. The fourth-order valence-electron chi connectivity index (χ4n) is 4.27. The van der Waals surface area contributed by atoms with E-state index in [0.29, 0.717) is 55.0 Å². The maximum atomic E-state index is 12.7. The van der Waals surface area contributed by atoms with Gasteiger partial charge in [-0.05, 0) is 52.7 Å². The van der Waals surface area contributed by atoms with Crippen molar-refractivity contribution in [1.82, 2.24) is 0 Å². The fourth-order valence-corrected chi connectivity index (χ4v) is 4.27. The lowest BCUT2D eigenvalue weighted by atomic mass is 9.76. The number of carbonyl (C=O) groups is 2. The molecule has 0 atom stereocenters. The maximum absolute atomic E-state index is 12.7. The summed E-state index contributed by atoms with van der Waals surface area (Å²) in [7, 11) is 0. The molecule has 9 nitrogen and oxygen atoms in total. The lowest BCUT2D eigenvalue weighted by Crippen LogP contribution is -2.23. The molecule has 0 aliphatic rings. The van der Waals surface area contributed by atoms with E-state index in [1.807, 2.05) is 54.5 Å². The van der Waals surface area contributed by atoms with Crippen LogP contribution in [0.3, 0.4) is 0 Å². The summed E-state index contributed by atoms with van der Waals surface area (Å²) in [5.41, 5.74) is 0.827.